The number of hydrogen-bond acceptors (Lipinski definition) is 3. The Kier molecular flexibility index (Phi) is 3.27. The van der Waals surface area contributed by atoms with Crippen LogP contribution >= 0.6 is 0 Å². The molecule has 1 fully saturated rings. The van der Waals surface area contributed by atoms with E-state index in [0.29, 0.717) is 12.6 Å². The van der Waals surface area contributed by atoms with Crippen molar-refractivity contribution in [3.8, 4) is 0 Å². The lowest BCUT2D eigenvalue weighted by Crippen LogP contribution is -2.41. The number of carbonyl (C=O) groups is 1. The number of rotatable bonds is 2. The predicted molar refractivity (Wildman–Crippen MR) is 50.3 cm³/mol. The van der Waals surface area contributed by atoms with Crippen molar-refractivity contribution in [1.82, 2.24) is 10.2 Å². The molecule has 1 aliphatic heterocycles. The maximum atomic E-state index is 10.8. The highest BCUT2D eigenvalue weighted by molar-refractivity contribution is 5.73. The molecule has 13 heavy (non-hydrogen) atoms. The summed E-state index contributed by atoms with van der Waals surface area (Å²) >= 11 is 0. The van der Waals surface area contributed by atoms with E-state index < -0.39 is 6.10 Å². The van der Waals surface area contributed by atoms with Crippen LogP contribution in [0.2, 0.25) is 0 Å². The molecular formula is C9H18N2O2. The highest BCUT2D eigenvalue weighted by Gasteiger charge is 2.32. The van der Waals surface area contributed by atoms with Crippen LogP contribution in [0.15, 0.2) is 0 Å². The Hall–Kier alpha value is -0.610. The number of nitrogens with zero attached hydrogens (tertiary/aromatic N) is 1. The molecule has 4 nitrogen and oxygen atoms in total. The maximum absolute atomic E-state index is 10.8. The second kappa shape index (κ2) is 4.07. The van der Waals surface area contributed by atoms with Gasteiger partial charge < -0.3 is 10.4 Å². The highest BCUT2D eigenvalue weighted by atomic mass is 16.3. The number of aliphatic hydroxyl groups excluding tert-OH is 1. The molecule has 0 saturated carbocycles. The second-order valence-electron chi connectivity index (χ2n) is 3.92. The molecule has 1 aliphatic rings. The van der Waals surface area contributed by atoms with Gasteiger partial charge in [0.1, 0.15) is 0 Å². The van der Waals surface area contributed by atoms with Crippen molar-refractivity contribution in [3.05, 3.63) is 0 Å². The van der Waals surface area contributed by atoms with Gasteiger partial charge in [-0.2, -0.15) is 0 Å². The molecular weight excluding hydrogens is 168 g/mol. The van der Waals surface area contributed by atoms with Crippen molar-refractivity contribution < 1.29 is 9.90 Å². The van der Waals surface area contributed by atoms with Crippen molar-refractivity contribution in [3.63, 3.8) is 0 Å². The van der Waals surface area contributed by atoms with Gasteiger partial charge >= 0.3 is 0 Å². The van der Waals surface area contributed by atoms with Crippen LogP contribution in [-0.4, -0.2) is 47.2 Å². The summed E-state index contributed by atoms with van der Waals surface area (Å²) < 4.78 is 0. The summed E-state index contributed by atoms with van der Waals surface area (Å²) in [5.74, 6) is -0.0744. The monoisotopic (exact) mass is 186 g/mol. The van der Waals surface area contributed by atoms with E-state index in [-0.39, 0.29) is 11.9 Å². The molecule has 0 radical (unpaired) electrons. The van der Waals surface area contributed by atoms with Gasteiger partial charge in [0, 0.05) is 26.1 Å². The third-order valence-electron chi connectivity index (χ3n) is 2.44. The Morgan fingerprint density at radius 1 is 1.54 bits per heavy atom. The number of carbonyl (C=O) groups excluding carboxylic acids is 1. The number of nitrogens with one attached hydrogen (secondary N) is 1. The van der Waals surface area contributed by atoms with Crippen molar-refractivity contribution in [2.24, 2.45) is 0 Å². The number of aliphatic hydroxyl groups is 1. The minimum absolute atomic E-state index is 0.0744. The van der Waals surface area contributed by atoms with Crippen molar-refractivity contribution in [2.75, 3.05) is 13.1 Å². The van der Waals surface area contributed by atoms with Gasteiger partial charge in [-0.25, -0.2) is 0 Å². The molecule has 2 atom stereocenters. The van der Waals surface area contributed by atoms with Crippen LogP contribution in [0.1, 0.15) is 20.8 Å². The summed E-state index contributed by atoms with van der Waals surface area (Å²) in [7, 11) is 0. The van der Waals surface area contributed by atoms with E-state index in [2.05, 4.69) is 24.1 Å². The molecule has 0 spiro atoms. The van der Waals surface area contributed by atoms with Gasteiger partial charge in [-0.15, -0.1) is 0 Å². The first-order valence-electron chi connectivity index (χ1n) is 4.70. The lowest BCUT2D eigenvalue weighted by Gasteiger charge is -2.19. The van der Waals surface area contributed by atoms with Gasteiger partial charge in [-0.1, -0.05) is 0 Å². The minimum atomic E-state index is -0.425. The molecule has 0 aliphatic carbocycles. The quantitative estimate of drug-likeness (QED) is 0.615. The van der Waals surface area contributed by atoms with E-state index in [0.717, 1.165) is 6.54 Å². The van der Waals surface area contributed by atoms with Gasteiger partial charge in [0.2, 0.25) is 5.91 Å². The standard InChI is InChI=1S/C9H18N2O2/c1-6(2)11-4-8(9(13)5-11)10-7(3)12/h6,8-9,13H,4-5H2,1-3H3,(H,10,12)/t8-,9-/m1/s1. The molecule has 1 amide bonds. The molecule has 1 rings (SSSR count). The van der Waals surface area contributed by atoms with E-state index in [9.17, 15) is 9.90 Å². The number of hydrogen-bond donors (Lipinski definition) is 2. The summed E-state index contributed by atoms with van der Waals surface area (Å²) in [6.07, 6.45) is -0.425. The third kappa shape index (κ3) is 2.67. The first-order valence-corrected chi connectivity index (χ1v) is 4.70. The predicted octanol–water partition coefficient (Wildman–Crippen LogP) is -0.424. The largest absolute Gasteiger partial charge is 0.390 e. The molecule has 2 N–H and O–H groups in total. The molecule has 0 aromatic heterocycles. The molecule has 1 heterocycles. The van der Waals surface area contributed by atoms with E-state index >= 15 is 0 Å². The summed E-state index contributed by atoms with van der Waals surface area (Å²) in [4.78, 5) is 12.9. The molecule has 4 heteroatoms. The van der Waals surface area contributed by atoms with Crippen LogP contribution in [-0.2, 0) is 4.79 Å². The van der Waals surface area contributed by atoms with Gasteiger partial charge in [0.05, 0.1) is 12.1 Å². The van der Waals surface area contributed by atoms with Crippen LogP contribution in [0.5, 0.6) is 0 Å². The van der Waals surface area contributed by atoms with Gasteiger partial charge in [0.15, 0.2) is 0 Å². The SMILES string of the molecule is CC(=O)N[C@@H]1CN(C(C)C)C[C@H]1O. The zero-order chi connectivity index (χ0) is 10.0. The third-order valence-corrected chi connectivity index (χ3v) is 2.44. The van der Waals surface area contributed by atoms with Crippen LogP contribution in [0.4, 0.5) is 0 Å². The Bertz CT molecular complexity index is 194. The van der Waals surface area contributed by atoms with Gasteiger partial charge in [-0.05, 0) is 13.8 Å². The first kappa shape index (κ1) is 10.5. The van der Waals surface area contributed by atoms with Gasteiger partial charge in [-0.3, -0.25) is 9.69 Å². The molecule has 0 bridgehead atoms. The van der Waals surface area contributed by atoms with Crippen LogP contribution < -0.4 is 5.32 Å². The fourth-order valence-electron chi connectivity index (χ4n) is 1.64. The zero-order valence-electron chi connectivity index (χ0n) is 8.45. The average molecular weight is 186 g/mol. The first-order chi connectivity index (χ1) is 6.00. The Labute approximate surface area is 78.9 Å². The lowest BCUT2D eigenvalue weighted by molar-refractivity contribution is -0.120. The second-order valence-corrected chi connectivity index (χ2v) is 3.92. The zero-order valence-corrected chi connectivity index (χ0v) is 8.45. The smallest absolute Gasteiger partial charge is 0.217 e. The fraction of sp³-hybridized carbons (Fsp3) is 0.889. The van der Waals surface area contributed by atoms with E-state index in [1.807, 2.05) is 0 Å². The van der Waals surface area contributed by atoms with E-state index in [1.54, 1.807) is 0 Å². The van der Waals surface area contributed by atoms with Crippen molar-refractivity contribution in [2.45, 2.75) is 39.0 Å². The number of likely N-dealkylation sites (tertiary alicyclic amines) is 1. The van der Waals surface area contributed by atoms with E-state index in [4.69, 9.17) is 0 Å². The molecule has 1 saturated heterocycles. The van der Waals surface area contributed by atoms with Crippen LogP contribution in [0.3, 0.4) is 0 Å². The van der Waals surface area contributed by atoms with Gasteiger partial charge in [0.25, 0.3) is 0 Å². The summed E-state index contributed by atoms with van der Waals surface area (Å²) in [5, 5.41) is 12.3. The highest BCUT2D eigenvalue weighted by Crippen LogP contribution is 2.12. The number of β-amino-alcohol motifs (C(OH)–C–C–N with tert-alkyl or cyclic N) is 1. The van der Waals surface area contributed by atoms with E-state index in [1.165, 1.54) is 6.92 Å². The van der Waals surface area contributed by atoms with Crippen molar-refractivity contribution in [1.29, 1.82) is 0 Å². The molecule has 0 unspecified atom stereocenters. The Morgan fingerprint density at radius 2 is 2.15 bits per heavy atom. The van der Waals surface area contributed by atoms with Crippen LogP contribution in [0.25, 0.3) is 0 Å². The Morgan fingerprint density at radius 3 is 2.54 bits per heavy atom. The van der Waals surface area contributed by atoms with Crippen LogP contribution in [0, 0.1) is 0 Å². The maximum Gasteiger partial charge on any atom is 0.217 e. The Balaban J connectivity index is 2.46. The molecule has 0 aromatic carbocycles. The lowest BCUT2D eigenvalue weighted by atomic mass is 10.2. The summed E-state index contributed by atoms with van der Waals surface area (Å²) in [6, 6.07) is 0.327. The fourth-order valence-corrected chi connectivity index (χ4v) is 1.64. The normalized spacial score (nSPS) is 29.6. The van der Waals surface area contributed by atoms with Crippen molar-refractivity contribution >= 4 is 5.91 Å². The summed E-state index contributed by atoms with van der Waals surface area (Å²) in [6.45, 7) is 7.05. The average Bonchev–Trinajstić information content (AvgIpc) is 2.31. The molecule has 0 aromatic rings. The summed E-state index contributed by atoms with van der Waals surface area (Å²) in [5.41, 5.74) is 0. The number of amides is 1. The molecule has 76 valence electrons. The minimum Gasteiger partial charge on any atom is -0.390 e. The topological polar surface area (TPSA) is 52.6 Å².